The van der Waals surface area contributed by atoms with Crippen LogP contribution in [0.4, 0.5) is 10.5 Å². The molecule has 0 bridgehead atoms. The van der Waals surface area contributed by atoms with E-state index in [4.69, 9.17) is 0 Å². The fraction of sp³-hybridized carbons (Fsp3) is 0.556. The highest BCUT2D eigenvalue weighted by Crippen LogP contribution is 2.23. The molecule has 0 spiro atoms. The largest absolute Gasteiger partial charge is 0.335 e. The highest BCUT2D eigenvalue weighted by Gasteiger charge is 2.30. The number of hydrogen-bond acceptors (Lipinski definition) is 2. The number of urea groups is 1. The molecule has 3 amide bonds. The van der Waals surface area contributed by atoms with E-state index in [-0.39, 0.29) is 17.9 Å². The topological polar surface area (TPSA) is 61.4 Å². The predicted molar refractivity (Wildman–Crippen MR) is 90.4 cm³/mol. The Hall–Kier alpha value is -2.04. The molecule has 1 aliphatic heterocycles. The Bertz CT molecular complexity index is 602. The molecule has 1 aromatic carbocycles. The van der Waals surface area contributed by atoms with Gasteiger partial charge in [-0.1, -0.05) is 6.07 Å². The second kappa shape index (κ2) is 6.60. The van der Waals surface area contributed by atoms with Crippen LogP contribution in [-0.2, 0) is 4.79 Å². The Morgan fingerprint density at radius 1 is 1.04 bits per heavy atom. The van der Waals surface area contributed by atoms with Crippen molar-refractivity contribution >= 4 is 17.6 Å². The number of amides is 3. The van der Waals surface area contributed by atoms with E-state index in [1.807, 2.05) is 30.0 Å². The Labute approximate surface area is 137 Å². The molecule has 1 aromatic rings. The normalized spacial score (nSPS) is 18.6. The number of aryl methyl sites for hydroxylation is 2. The summed E-state index contributed by atoms with van der Waals surface area (Å²) in [6.45, 7) is 5.42. The molecule has 124 valence electrons. The van der Waals surface area contributed by atoms with Crippen LogP contribution in [0.25, 0.3) is 0 Å². The molecule has 5 nitrogen and oxygen atoms in total. The van der Waals surface area contributed by atoms with E-state index in [2.05, 4.69) is 17.6 Å². The number of anilines is 1. The molecule has 1 saturated carbocycles. The summed E-state index contributed by atoms with van der Waals surface area (Å²) in [6.07, 6.45) is 3.66. The van der Waals surface area contributed by atoms with E-state index in [0.717, 1.165) is 31.4 Å². The molecule has 1 heterocycles. The fourth-order valence-electron chi connectivity index (χ4n) is 2.90. The van der Waals surface area contributed by atoms with Gasteiger partial charge < -0.3 is 15.5 Å². The van der Waals surface area contributed by atoms with Gasteiger partial charge in [0.25, 0.3) is 0 Å². The van der Waals surface area contributed by atoms with E-state index in [9.17, 15) is 9.59 Å². The van der Waals surface area contributed by atoms with Crippen molar-refractivity contribution in [2.45, 2.75) is 45.6 Å². The van der Waals surface area contributed by atoms with Crippen LogP contribution in [0.15, 0.2) is 18.2 Å². The molecule has 2 aliphatic rings. The lowest BCUT2D eigenvalue weighted by atomic mass is 9.96. The smallest absolute Gasteiger partial charge is 0.317 e. The van der Waals surface area contributed by atoms with Gasteiger partial charge in [0, 0.05) is 30.7 Å². The number of hydrogen-bond donors (Lipinski definition) is 2. The van der Waals surface area contributed by atoms with Crippen molar-refractivity contribution in [3.05, 3.63) is 29.3 Å². The van der Waals surface area contributed by atoms with Crippen LogP contribution in [0, 0.1) is 19.8 Å². The summed E-state index contributed by atoms with van der Waals surface area (Å²) in [5.74, 6) is 0.0529. The van der Waals surface area contributed by atoms with Crippen molar-refractivity contribution < 1.29 is 9.59 Å². The minimum atomic E-state index is -0.0124. The van der Waals surface area contributed by atoms with Crippen molar-refractivity contribution in [1.82, 2.24) is 10.2 Å². The maximum absolute atomic E-state index is 12.4. The number of carbonyl (C=O) groups is 2. The SMILES string of the molecule is Cc1ccc(NC(=O)C2CCN(C(=O)NC3CC3)CC2)cc1C. The summed E-state index contributed by atoms with van der Waals surface area (Å²) in [6, 6.07) is 6.38. The number of nitrogens with zero attached hydrogens (tertiary/aromatic N) is 1. The third-order valence-electron chi connectivity index (χ3n) is 4.83. The zero-order valence-corrected chi connectivity index (χ0v) is 13.9. The van der Waals surface area contributed by atoms with E-state index < -0.39 is 0 Å². The highest BCUT2D eigenvalue weighted by atomic mass is 16.2. The summed E-state index contributed by atoms with van der Waals surface area (Å²) in [5.41, 5.74) is 3.25. The number of nitrogens with one attached hydrogen (secondary N) is 2. The first-order valence-electron chi connectivity index (χ1n) is 8.46. The van der Waals surface area contributed by atoms with Crippen LogP contribution in [0.3, 0.4) is 0 Å². The van der Waals surface area contributed by atoms with Crippen LogP contribution in [0.2, 0.25) is 0 Å². The lowest BCUT2D eigenvalue weighted by Gasteiger charge is -2.31. The number of benzene rings is 1. The van der Waals surface area contributed by atoms with Crippen LogP contribution < -0.4 is 10.6 Å². The van der Waals surface area contributed by atoms with Crippen LogP contribution in [0.5, 0.6) is 0 Å². The predicted octanol–water partition coefficient (Wildman–Crippen LogP) is 2.83. The monoisotopic (exact) mass is 315 g/mol. The van der Waals surface area contributed by atoms with Gasteiger partial charge in [-0.15, -0.1) is 0 Å². The van der Waals surface area contributed by atoms with E-state index in [1.165, 1.54) is 11.1 Å². The molecule has 0 radical (unpaired) electrons. The number of piperidine rings is 1. The molecule has 0 unspecified atom stereocenters. The maximum atomic E-state index is 12.4. The minimum Gasteiger partial charge on any atom is -0.335 e. The lowest BCUT2D eigenvalue weighted by Crippen LogP contribution is -2.46. The van der Waals surface area contributed by atoms with Gasteiger partial charge in [-0.25, -0.2) is 4.79 Å². The highest BCUT2D eigenvalue weighted by molar-refractivity contribution is 5.92. The molecule has 0 aromatic heterocycles. The number of carbonyl (C=O) groups excluding carboxylic acids is 2. The molecular formula is C18H25N3O2. The zero-order valence-electron chi connectivity index (χ0n) is 13.9. The first-order valence-corrected chi connectivity index (χ1v) is 8.46. The average Bonchev–Trinajstić information content (AvgIpc) is 3.35. The Morgan fingerprint density at radius 3 is 2.35 bits per heavy atom. The molecule has 0 atom stereocenters. The van der Waals surface area contributed by atoms with Crippen molar-refractivity contribution in [3.8, 4) is 0 Å². The van der Waals surface area contributed by atoms with Crippen molar-refractivity contribution in [3.63, 3.8) is 0 Å². The molecule has 23 heavy (non-hydrogen) atoms. The summed E-state index contributed by atoms with van der Waals surface area (Å²) < 4.78 is 0. The summed E-state index contributed by atoms with van der Waals surface area (Å²) in [5, 5.41) is 6.01. The second-order valence-corrected chi connectivity index (χ2v) is 6.77. The molecule has 1 aliphatic carbocycles. The van der Waals surface area contributed by atoms with Gasteiger partial charge in [-0.2, -0.15) is 0 Å². The fourth-order valence-corrected chi connectivity index (χ4v) is 2.90. The van der Waals surface area contributed by atoms with Crippen LogP contribution >= 0.6 is 0 Å². The quantitative estimate of drug-likeness (QED) is 0.901. The minimum absolute atomic E-state index is 0.0124. The van der Waals surface area contributed by atoms with Crippen LogP contribution in [-0.4, -0.2) is 36.0 Å². The number of rotatable bonds is 3. The Kier molecular flexibility index (Phi) is 4.55. The Morgan fingerprint density at radius 2 is 1.74 bits per heavy atom. The van der Waals surface area contributed by atoms with Crippen molar-refractivity contribution in [1.29, 1.82) is 0 Å². The van der Waals surface area contributed by atoms with Gasteiger partial charge >= 0.3 is 6.03 Å². The van der Waals surface area contributed by atoms with Gasteiger partial charge in [0.15, 0.2) is 0 Å². The van der Waals surface area contributed by atoms with Crippen molar-refractivity contribution in [2.75, 3.05) is 18.4 Å². The van der Waals surface area contributed by atoms with E-state index in [1.54, 1.807) is 0 Å². The molecule has 5 heteroatoms. The summed E-state index contributed by atoms with van der Waals surface area (Å²) in [4.78, 5) is 26.2. The molecule has 3 rings (SSSR count). The third-order valence-corrected chi connectivity index (χ3v) is 4.83. The number of likely N-dealkylation sites (tertiary alicyclic amines) is 1. The molecule has 2 N–H and O–H groups in total. The zero-order chi connectivity index (χ0) is 16.4. The third kappa shape index (κ3) is 4.03. The summed E-state index contributed by atoms with van der Waals surface area (Å²) in [7, 11) is 0. The average molecular weight is 315 g/mol. The molecule has 2 fully saturated rings. The molecule has 1 saturated heterocycles. The van der Waals surface area contributed by atoms with Gasteiger partial charge in [-0.05, 0) is 62.8 Å². The van der Waals surface area contributed by atoms with Gasteiger partial charge in [0.05, 0.1) is 0 Å². The first kappa shape index (κ1) is 15.8. The summed E-state index contributed by atoms with van der Waals surface area (Å²) >= 11 is 0. The van der Waals surface area contributed by atoms with E-state index in [0.29, 0.717) is 19.1 Å². The lowest BCUT2D eigenvalue weighted by molar-refractivity contribution is -0.121. The van der Waals surface area contributed by atoms with Crippen LogP contribution in [0.1, 0.15) is 36.8 Å². The van der Waals surface area contributed by atoms with Gasteiger partial charge in [0.1, 0.15) is 0 Å². The first-order chi connectivity index (χ1) is 11.0. The van der Waals surface area contributed by atoms with Gasteiger partial charge in [0.2, 0.25) is 5.91 Å². The van der Waals surface area contributed by atoms with E-state index >= 15 is 0 Å². The van der Waals surface area contributed by atoms with Crippen molar-refractivity contribution in [2.24, 2.45) is 5.92 Å². The van der Waals surface area contributed by atoms with Gasteiger partial charge in [-0.3, -0.25) is 4.79 Å². The maximum Gasteiger partial charge on any atom is 0.317 e. The molecular weight excluding hydrogens is 290 g/mol. The standard InChI is InChI=1S/C18H25N3O2/c1-12-3-4-16(11-13(12)2)19-17(22)14-7-9-21(10-8-14)18(23)20-15-5-6-15/h3-4,11,14-15H,5-10H2,1-2H3,(H,19,22)(H,20,23). The second-order valence-electron chi connectivity index (χ2n) is 6.77. The Balaban J connectivity index is 1.49.